The number of rotatable bonds is 7. The van der Waals surface area contributed by atoms with E-state index in [0.717, 1.165) is 11.1 Å². The number of aliphatic hydroxyl groups excluding tert-OH is 1. The number of nitrogens with one attached hydrogen (secondary N) is 3. The summed E-state index contributed by atoms with van der Waals surface area (Å²) in [4.78, 5) is 11.5. The van der Waals surface area contributed by atoms with E-state index in [4.69, 9.17) is 23.2 Å². The summed E-state index contributed by atoms with van der Waals surface area (Å²) < 4.78 is 0. The first-order chi connectivity index (χ1) is 11.6. The largest absolute Gasteiger partial charge is 0.390 e. The van der Waals surface area contributed by atoms with E-state index >= 15 is 0 Å². The van der Waals surface area contributed by atoms with Crippen molar-refractivity contribution in [3.8, 4) is 0 Å². The molecule has 0 radical (unpaired) electrons. The van der Waals surface area contributed by atoms with Crippen LogP contribution in [0.3, 0.4) is 0 Å². The molecule has 1 atom stereocenters. The maximum atomic E-state index is 10.0. The van der Waals surface area contributed by atoms with E-state index in [0.29, 0.717) is 41.3 Å². The van der Waals surface area contributed by atoms with Crippen molar-refractivity contribution < 1.29 is 5.11 Å². The molecule has 24 heavy (non-hydrogen) atoms. The van der Waals surface area contributed by atoms with Crippen molar-refractivity contribution in [1.82, 2.24) is 20.3 Å². The third kappa shape index (κ3) is 4.58. The van der Waals surface area contributed by atoms with E-state index in [1.807, 2.05) is 24.3 Å². The van der Waals surface area contributed by atoms with Crippen molar-refractivity contribution in [3.05, 3.63) is 52.1 Å². The minimum atomic E-state index is -0.569. The number of aromatic nitrogens is 3. The molecule has 126 valence electrons. The molecule has 3 aromatic rings. The molecule has 1 aromatic carbocycles. The molecule has 0 spiro atoms. The highest BCUT2D eigenvalue weighted by atomic mass is 35.5. The van der Waals surface area contributed by atoms with Gasteiger partial charge in [-0.05, 0) is 35.9 Å². The standard InChI is InChI=1S/C16H17Cl2N5O/c17-11-4-10(5-12(18)6-11)7-19-8-13(24)9-21-16-22-14-2-1-3-20-15(14)23-16/h1-6,13,19,24H,7-9H2,(H2,20,21,22,23). The molecule has 4 N–H and O–H groups in total. The lowest BCUT2D eigenvalue weighted by Crippen LogP contribution is -2.32. The number of halogens is 2. The van der Waals surface area contributed by atoms with Crippen molar-refractivity contribution in [2.45, 2.75) is 12.6 Å². The first-order valence-electron chi connectivity index (χ1n) is 7.48. The van der Waals surface area contributed by atoms with E-state index in [2.05, 4.69) is 25.6 Å². The van der Waals surface area contributed by atoms with E-state index in [-0.39, 0.29) is 0 Å². The Bertz CT molecular complexity index is 770. The maximum absolute atomic E-state index is 10.0. The Labute approximate surface area is 149 Å². The van der Waals surface area contributed by atoms with Gasteiger partial charge in [0.2, 0.25) is 5.95 Å². The zero-order valence-corrected chi connectivity index (χ0v) is 14.3. The zero-order chi connectivity index (χ0) is 16.9. The van der Waals surface area contributed by atoms with Gasteiger partial charge >= 0.3 is 0 Å². The van der Waals surface area contributed by atoms with Crippen LogP contribution < -0.4 is 10.6 Å². The molecule has 0 saturated heterocycles. The predicted octanol–water partition coefficient (Wildman–Crippen LogP) is 2.83. The Morgan fingerprint density at radius 2 is 1.96 bits per heavy atom. The number of aromatic amines is 1. The van der Waals surface area contributed by atoms with E-state index in [9.17, 15) is 5.11 Å². The van der Waals surface area contributed by atoms with Gasteiger partial charge in [-0.25, -0.2) is 4.98 Å². The van der Waals surface area contributed by atoms with Crippen LogP contribution in [0.5, 0.6) is 0 Å². The third-order valence-corrected chi connectivity index (χ3v) is 3.83. The van der Waals surface area contributed by atoms with Crippen LogP contribution in [0, 0.1) is 0 Å². The minimum absolute atomic E-state index is 0.364. The molecular weight excluding hydrogens is 349 g/mol. The fourth-order valence-corrected chi connectivity index (χ4v) is 2.88. The van der Waals surface area contributed by atoms with Gasteiger partial charge in [0.25, 0.3) is 0 Å². The van der Waals surface area contributed by atoms with Crippen molar-refractivity contribution in [2.75, 3.05) is 18.4 Å². The molecule has 6 nitrogen and oxygen atoms in total. The second kappa shape index (κ2) is 7.81. The Kier molecular flexibility index (Phi) is 5.52. The lowest BCUT2D eigenvalue weighted by Gasteiger charge is -2.12. The monoisotopic (exact) mass is 365 g/mol. The van der Waals surface area contributed by atoms with Gasteiger partial charge in [0, 0.05) is 35.9 Å². The highest BCUT2D eigenvalue weighted by Gasteiger charge is 2.07. The average Bonchev–Trinajstić information content (AvgIpc) is 2.95. The Morgan fingerprint density at radius 3 is 2.71 bits per heavy atom. The van der Waals surface area contributed by atoms with Crippen molar-refractivity contribution >= 4 is 40.3 Å². The van der Waals surface area contributed by atoms with Crippen LogP contribution >= 0.6 is 23.2 Å². The molecule has 0 aliphatic heterocycles. The van der Waals surface area contributed by atoms with E-state index in [1.54, 1.807) is 12.3 Å². The van der Waals surface area contributed by atoms with Crippen LogP contribution in [0.25, 0.3) is 11.2 Å². The summed E-state index contributed by atoms with van der Waals surface area (Å²) in [6, 6.07) is 9.10. The Balaban J connectivity index is 1.44. The van der Waals surface area contributed by atoms with Gasteiger partial charge in [0.15, 0.2) is 5.65 Å². The van der Waals surface area contributed by atoms with Crippen molar-refractivity contribution in [2.24, 2.45) is 0 Å². The summed E-state index contributed by atoms with van der Waals surface area (Å²) in [6.07, 6.45) is 1.12. The van der Waals surface area contributed by atoms with Gasteiger partial charge in [-0.15, -0.1) is 0 Å². The van der Waals surface area contributed by atoms with Crippen LogP contribution in [-0.4, -0.2) is 39.3 Å². The lowest BCUT2D eigenvalue weighted by atomic mass is 10.2. The summed E-state index contributed by atoms with van der Waals surface area (Å²) in [5.74, 6) is 0.587. The number of hydrogen-bond acceptors (Lipinski definition) is 5. The molecule has 0 fully saturated rings. The first-order valence-corrected chi connectivity index (χ1v) is 8.24. The van der Waals surface area contributed by atoms with Gasteiger partial charge in [-0.2, -0.15) is 4.98 Å². The van der Waals surface area contributed by atoms with Gasteiger partial charge in [-0.1, -0.05) is 23.2 Å². The quantitative estimate of drug-likeness (QED) is 0.517. The highest BCUT2D eigenvalue weighted by molar-refractivity contribution is 6.34. The third-order valence-electron chi connectivity index (χ3n) is 3.39. The SMILES string of the molecule is OC(CNCc1cc(Cl)cc(Cl)c1)CNc1nc2ncccc2[nH]1. The second-order valence-electron chi connectivity index (χ2n) is 5.40. The average molecular weight is 366 g/mol. The summed E-state index contributed by atoms with van der Waals surface area (Å²) in [5.41, 5.74) is 2.46. The van der Waals surface area contributed by atoms with Gasteiger partial charge < -0.3 is 20.7 Å². The van der Waals surface area contributed by atoms with Crippen LogP contribution in [0.2, 0.25) is 10.0 Å². The normalized spacial score (nSPS) is 12.5. The van der Waals surface area contributed by atoms with Gasteiger partial charge in [0.1, 0.15) is 0 Å². The Hall–Kier alpha value is -1.86. The fourth-order valence-electron chi connectivity index (χ4n) is 2.31. The summed E-state index contributed by atoms with van der Waals surface area (Å²) >= 11 is 11.9. The fraction of sp³-hybridized carbons (Fsp3) is 0.250. The molecule has 1 unspecified atom stereocenters. The molecule has 2 heterocycles. The lowest BCUT2D eigenvalue weighted by molar-refractivity contribution is 0.183. The molecule has 8 heteroatoms. The summed E-state index contributed by atoms with van der Waals surface area (Å²) in [7, 11) is 0. The van der Waals surface area contributed by atoms with E-state index in [1.165, 1.54) is 0 Å². The molecule has 0 aliphatic rings. The topological polar surface area (TPSA) is 85.9 Å². The number of anilines is 1. The van der Waals surface area contributed by atoms with Gasteiger partial charge in [0.05, 0.1) is 11.6 Å². The van der Waals surface area contributed by atoms with Crippen LogP contribution in [-0.2, 0) is 6.54 Å². The van der Waals surface area contributed by atoms with Crippen LogP contribution in [0.1, 0.15) is 5.56 Å². The number of H-pyrrole nitrogens is 1. The van der Waals surface area contributed by atoms with Crippen molar-refractivity contribution in [3.63, 3.8) is 0 Å². The second-order valence-corrected chi connectivity index (χ2v) is 6.28. The number of nitrogens with zero attached hydrogens (tertiary/aromatic N) is 2. The predicted molar refractivity (Wildman–Crippen MR) is 96.6 cm³/mol. The molecule has 0 saturated carbocycles. The van der Waals surface area contributed by atoms with E-state index < -0.39 is 6.10 Å². The molecule has 2 aromatic heterocycles. The molecule has 0 bridgehead atoms. The number of imidazole rings is 1. The van der Waals surface area contributed by atoms with Crippen LogP contribution in [0.15, 0.2) is 36.5 Å². The Morgan fingerprint density at radius 1 is 1.17 bits per heavy atom. The summed E-state index contributed by atoms with van der Waals surface area (Å²) in [5, 5.41) is 17.5. The molecule has 0 aliphatic carbocycles. The number of fused-ring (bicyclic) bond motifs is 1. The van der Waals surface area contributed by atoms with Crippen LogP contribution in [0.4, 0.5) is 5.95 Å². The first kappa shape index (κ1) is 17.0. The van der Waals surface area contributed by atoms with Gasteiger partial charge in [-0.3, -0.25) is 0 Å². The van der Waals surface area contributed by atoms with Crippen molar-refractivity contribution in [1.29, 1.82) is 0 Å². The number of hydrogen-bond donors (Lipinski definition) is 4. The smallest absolute Gasteiger partial charge is 0.202 e. The zero-order valence-electron chi connectivity index (χ0n) is 12.8. The number of benzene rings is 1. The highest BCUT2D eigenvalue weighted by Crippen LogP contribution is 2.18. The number of pyridine rings is 1. The number of aliphatic hydroxyl groups is 1. The molecular formula is C16H17Cl2N5O. The molecule has 0 amide bonds. The molecule has 3 rings (SSSR count). The minimum Gasteiger partial charge on any atom is -0.390 e. The maximum Gasteiger partial charge on any atom is 0.202 e. The summed E-state index contributed by atoms with van der Waals surface area (Å²) in [6.45, 7) is 1.37.